The highest BCUT2D eigenvalue weighted by Gasteiger charge is 2.19. The molecule has 1 aromatic heterocycles. The number of anilines is 2. The topological polar surface area (TPSA) is 32.3 Å². The summed E-state index contributed by atoms with van der Waals surface area (Å²) in [4.78, 5) is 13.0. The summed E-state index contributed by atoms with van der Waals surface area (Å²) >= 11 is 5.89. The van der Waals surface area contributed by atoms with Crippen molar-refractivity contribution in [1.82, 2.24) is 9.97 Å². The lowest BCUT2D eigenvalue weighted by atomic mass is 9.99. The maximum absolute atomic E-state index is 5.89. The third kappa shape index (κ3) is 3.00. The van der Waals surface area contributed by atoms with Crippen LogP contribution in [0.3, 0.4) is 0 Å². The summed E-state index contributed by atoms with van der Waals surface area (Å²) in [6.45, 7) is 2.09. The fourth-order valence-electron chi connectivity index (χ4n) is 2.05. The molecule has 1 saturated heterocycles. The first-order valence-electron chi connectivity index (χ1n) is 6.02. The van der Waals surface area contributed by atoms with Gasteiger partial charge in [-0.05, 0) is 24.8 Å². The molecule has 2 heterocycles. The van der Waals surface area contributed by atoms with E-state index in [1.54, 1.807) is 0 Å². The molecule has 0 unspecified atom stereocenters. The van der Waals surface area contributed by atoms with Crippen LogP contribution >= 0.6 is 11.6 Å². The van der Waals surface area contributed by atoms with Crippen molar-refractivity contribution >= 4 is 23.4 Å². The Morgan fingerprint density at radius 1 is 1.41 bits per heavy atom. The first-order valence-corrected chi connectivity index (χ1v) is 6.55. The lowest BCUT2D eigenvalue weighted by Crippen LogP contribution is -2.35. The summed E-state index contributed by atoms with van der Waals surface area (Å²) in [5.74, 6) is 3.24. The van der Waals surface area contributed by atoms with Gasteiger partial charge in [0.1, 0.15) is 5.82 Å². The molecule has 17 heavy (non-hydrogen) atoms. The SMILES string of the molecule is CN(C)c1nccc(N2CCC(CCl)CC2)n1. The van der Waals surface area contributed by atoms with E-state index in [0.29, 0.717) is 5.92 Å². The normalized spacial score (nSPS) is 17.2. The molecule has 1 aliphatic heterocycles. The number of piperidine rings is 1. The van der Waals surface area contributed by atoms with E-state index in [1.165, 1.54) is 0 Å². The molecule has 2 rings (SSSR count). The van der Waals surface area contributed by atoms with Gasteiger partial charge in [0, 0.05) is 39.3 Å². The van der Waals surface area contributed by atoms with Crippen LogP contribution in [0.4, 0.5) is 11.8 Å². The van der Waals surface area contributed by atoms with Gasteiger partial charge >= 0.3 is 0 Å². The van der Waals surface area contributed by atoms with Crippen molar-refractivity contribution in [2.45, 2.75) is 12.8 Å². The van der Waals surface area contributed by atoms with Crippen LogP contribution in [0.25, 0.3) is 0 Å². The Bertz CT molecular complexity index is 361. The average Bonchev–Trinajstić information content (AvgIpc) is 2.39. The van der Waals surface area contributed by atoms with Crippen LogP contribution in [0, 0.1) is 5.92 Å². The summed E-state index contributed by atoms with van der Waals surface area (Å²) in [7, 11) is 3.91. The molecule has 0 N–H and O–H groups in total. The minimum absolute atomic E-state index is 0.670. The third-order valence-corrected chi connectivity index (χ3v) is 3.62. The van der Waals surface area contributed by atoms with E-state index in [2.05, 4.69) is 14.9 Å². The molecular weight excluding hydrogens is 236 g/mol. The van der Waals surface area contributed by atoms with Crippen molar-refractivity contribution in [3.8, 4) is 0 Å². The lowest BCUT2D eigenvalue weighted by molar-refractivity contribution is 0.441. The Labute approximate surface area is 108 Å². The molecule has 0 spiro atoms. The first-order chi connectivity index (χ1) is 8.20. The second kappa shape index (κ2) is 5.54. The smallest absolute Gasteiger partial charge is 0.226 e. The monoisotopic (exact) mass is 254 g/mol. The standard InChI is InChI=1S/C12H19ClN4/c1-16(2)12-14-6-3-11(15-12)17-7-4-10(9-13)5-8-17/h3,6,10H,4-5,7-9H2,1-2H3. The van der Waals surface area contributed by atoms with Gasteiger partial charge in [-0.25, -0.2) is 4.98 Å². The second-order valence-electron chi connectivity index (χ2n) is 4.69. The fourth-order valence-corrected chi connectivity index (χ4v) is 2.36. The molecule has 4 nitrogen and oxygen atoms in total. The highest BCUT2D eigenvalue weighted by atomic mass is 35.5. The Kier molecular flexibility index (Phi) is 4.05. The summed E-state index contributed by atoms with van der Waals surface area (Å²) < 4.78 is 0. The minimum atomic E-state index is 0.670. The highest BCUT2D eigenvalue weighted by molar-refractivity contribution is 6.18. The van der Waals surface area contributed by atoms with Crippen LogP contribution in [-0.4, -0.2) is 43.0 Å². The second-order valence-corrected chi connectivity index (χ2v) is 5.00. The van der Waals surface area contributed by atoms with E-state index in [0.717, 1.165) is 43.6 Å². The predicted octanol–water partition coefficient (Wildman–Crippen LogP) is 2.00. The molecule has 94 valence electrons. The van der Waals surface area contributed by atoms with Gasteiger partial charge in [0.25, 0.3) is 0 Å². The van der Waals surface area contributed by atoms with Crippen molar-refractivity contribution < 1.29 is 0 Å². The van der Waals surface area contributed by atoms with E-state index < -0.39 is 0 Å². The molecule has 0 amide bonds. The van der Waals surface area contributed by atoms with Crippen molar-refractivity contribution in [3.05, 3.63) is 12.3 Å². The first kappa shape index (κ1) is 12.4. The molecule has 1 aromatic rings. The molecule has 0 saturated carbocycles. The maximum Gasteiger partial charge on any atom is 0.226 e. The zero-order valence-electron chi connectivity index (χ0n) is 10.4. The number of aromatic nitrogens is 2. The molecule has 0 radical (unpaired) electrons. The summed E-state index contributed by atoms with van der Waals surface area (Å²) in [6.07, 6.45) is 4.14. The zero-order chi connectivity index (χ0) is 12.3. The van der Waals surface area contributed by atoms with E-state index in [1.807, 2.05) is 31.3 Å². The molecule has 0 aromatic carbocycles. The van der Waals surface area contributed by atoms with Crippen molar-refractivity contribution in [2.75, 3.05) is 42.9 Å². The minimum Gasteiger partial charge on any atom is -0.356 e. The summed E-state index contributed by atoms with van der Waals surface area (Å²) in [6, 6.07) is 1.98. The number of rotatable bonds is 3. The number of halogens is 1. The predicted molar refractivity (Wildman–Crippen MR) is 72.0 cm³/mol. The van der Waals surface area contributed by atoms with Gasteiger partial charge < -0.3 is 9.80 Å². The Morgan fingerprint density at radius 2 is 2.12 bits per heavy atom. The van der Waals surface area contributed by atoms with E-state index in [9.17, 15) is 0 Å². The number of hydrogen-bond donors (Lipinski definition) is 0. The van der Waals surface area contributed by atoms with Crippen LogP contribution < -0.4 is 9.80 Å². The molecule has 5 heteroatoms. The van der Waals surface area contributed by atoms with Crippen LogP contribution in [0.5, 0.6) is 0 Å². The molecule has 0 bridgehead atoms. The fraction of sp³-hybridized carbons (Fsp3) is 0.667. The van der Waals surface area contributed by atoms with E-state index in [4.69, 9.17) is 11.6 Å². The van der Waals surface area contributed by atoms with Gasteiger partial charge in [0.15, 0.2) is 0 Å². The number of alkyl halides is 1. The molecule has 0 aliphatic carbocycles. The van der Waals surface area contributed by atoms with Gasteiger partial charge in [0.05, 0.1) is 0 Å². The zero-order valence-corrected chi connectivity index (χ0v) is 11.2. The van der Waals surface area contributed by atoms with Crippen molar-refractivity contribution in [3.63, 3.8) is 0 Å². The largest absolute Gasteiger partial charge is 0.356 e. The number of hydrogen-bond acceptors (Lipinski definition) is 4. The van der Waals surface area contributed by atoms with Crippen LogP contribution in [0.2, 0.25) is 0 Å². The van der Waals surface area contributed by atoms with Crippen molar-refractivity contribution in [1.29, 1.82) is 0 Å². The highest BCUT2D eigenvalue weighted by Crippen LogP contribution is 2.23. The molecule has 1 aliphatic rings. The van der Waals surface area contributed by atoms with Gasteiger partial charge in [-0.1, -0.05) is 0 Å². The van der Waals surface area contributed by atoms with E-state index >= 15 is 0 Å². The van der Waals surface area contributed by atoms with Crippen LogP contribution in [-0.2, 0) is 0 Å². The Hall–Kier alpha value is -1.03. The maximum atomic E-state index is 5.89. The lowest BCUT2D eigenvalue weighted by Gasteiger charge is -2.32. The molecule has 1 fully saturated rings. The van der Waals surface area contributed by atoms with Gasteiger partial charge in [-0.3, -0.25) is 0 Å². The average molecular weight is 255 g/mol. The van der Waals surface area contributed by atoms with Crippen molar-refractivity contribution in [2.24, 2.45) is 5.92 Å². The summed E-state index contributed by atoms with van der Waals surface area (Å²) in [5.41, 5.74) is 0. The molecule has 0 atom stereocenters. The quantitative estimate of drug-likeness (QED) is 0.773. The van der Waals surface area contributed by atoms with Gasteiger partial charge in [-0.15, -0.1) is 11.6 Å². The Morgan fingerprint density at radius 3 is 2.71 bits per heavy atom. The van der Waals surface area contributed by atoms with Gasteiger partial charge in [0.2, 0.25) is 5.95 Å². The molecular formula is C12H19ClN4. The Balaban J connectivity index is 2.05. The van der Waals surface area contributed by atoms with Crippen LogP contribution in [0.15, 0.2) is 12.3 Å². The van der Waals surface area contributed by atoms with Crippen LogP contribution in [0.1, 0.15) is 12.8 Å². The van der Waals surface area contributed by atoms with Gasteiger partial charge in [-0.2, -0.15) is 4.98 Å². The van der Waals surface area contributed by atoms with E-state index in [-0.39, 0.29) is 0 Å². The number of nitrogens with zero attached hydrogens (tertiary/aromatic N) is 4. The third-order valence-electron chi connectivity index (χ3n) is 3.18. The summed E-state index contributed by atoms with van der Waals surface area (Å²) in [5, 5.41) is 0.